The third-order valence-corrected chi connectivity index (χ3v) is 3.38. The van der Waals surface area contributed by atoms with Crippen molar-refractivity contribution in [2.45, 2.75) is 26.7 Å². The smallest absolute Gasteiger partial charge is 0.254 e. The summed E-state index contributed by atoms with van der Waals surface area (Å²) in [5, 5.41) is 1.22. The first-order valence-corrected chi connectivity index (χ1v) is 7.39. The fraction of sp³-hybridized carbons (Fsp3) is 0.375. The quantitative estimate of drug-likeness (QED) is 0.775. The maximum atomic E-state index is 12.7. The summed E-state index contributed by atoms with van der Waals surface area (Å²) < 4.78 is 0. The second-order valence-corrected chi connectivity index (χ2v) is 5.19. The van der Waals surface area contributed by atoms with Crippen molar-refractivity contribution in [3.8, 4) is 0 Å². The van der Waals surface area contributed by atoms with E-state index in [0.29, 0.717) is 10.7 Å². The number of benzene rings is 1. The molecule has 1 heterocycles. The lowest BCUT2D eigenvalue weighted by Crippen LogP contribution is -2.32. The maximum absolute atomic E-state index is 12.7. The Morgan fingerprint density at radius 3 is 2.50 bits per heavy atom. The highest BCUT2D eigenvalue weighted by Crippen LogP contribution is 2.22. The average Bonchev–Trinajstić information content (AvgIpc) is 2.45. The molecular weight excluding hydrogens is 272 g/mol. The minimum atomic E-state index is 0.0363. The van der Waals surface area contributed by atoms with Gasteiger partial charge in [-0.2, -0.15) is 0 Å². The number of fused-ring (bicyclic) bond motifs is 1. The molecule has 0 aliphatic carbocycles. The molecule has 2 aromatic rings. The third kappa shape index (κ3) is 3.10. The van der Waals surface area contributed by atoms with E-state index in [9.17, 15) is 4.79 Å². The topological polar surface area (TPSA) is 33.2 Å². The number of pyridine rings is 1. The number of halogens is 1. The van der Waals surface area contributed by atoms with E-state index in [2.05, 4.69) is 18.8 Å². The van der Waals surface area contributed by atoms with Crippen LogP contribution < -0.4 is 0 Å². The van der Waals surface area contributed by atoms with Gasteiger partial charge in [-0.3, -0.25) is 4.79 Å². The number of para-hydroxylation sites is 1. The second kappa shape index (κ2) is 6.71. The van der Waals surface area contributed by atoms with Gasteiger partial charge in [-0.25, -0.2) is 4.98 Å². The van der Waals surface area contributed by atoms with Crippen LogP contribution in [0.5, 0.6) is 0 Å². The SMILES string of the molecule is CCCN(CCC)C(=O)c1cc(Cl)nc2ccccc12. The van der Waals surface area contributed by atoms with Gasteiger partial charge in [0.2, 0.25) is 0 Å². The van der Waals surface area contributed by atoms with Crippen molar-refractivity contribution in [3.05, 3.63) is 41.0 Å². The zero-order chi connectivity index (χ0) is 14.5. The average molecular weight is 291 g/mol. The van der Waals surface area contributed by atoms with Crippen molar-refractivity contribution in [2.75, 3.05) is 13.1 Å². The van der Waals surface area contributed by atoms with E-state index in [1.807, 2.05) is 29.2 Å². The Morgan fingerprint density at radius 2 is 1.85 bits per heavy atom. The largest absolute Gasteiger partial charge is 0.339 e. The van der Waals surface area contributed by atoms with Crippen LogP contribution in [0.2, 0.25) is 5.15 Å². The Balaban J connectivity index is 2.47. The summed E-state index contributed by atoms with van der Waals surface area (Å²) in [5.74, 6) is 0.0363. The Labute approximate surface area is 124 Å². The van der Waals surface area contributed by atoms with E-state index in [0.717, 1.165) is 36.8 Å². The van der Waals surface area contributed by atoms with Gasteiger partial charge in [-0.05, 0) is 25.0 Å². The Morgan fingerprint density at radius 1 is 1.20 bits per heavy atom. The lowest BCUT2D eigenvalue weighted by Gasteiger charge is -2.22. The van der Waals surface area contributed by atoms with Crippen LogP contribution in [0.15, 0.2) is 30.3 Å². The number of aromatic nitrogens is 1. The Hall–Kier alpha value is -1.61. The van der Waals surface area contributed by atoms with Crippen LogP contribution in [-0.4, -0.2) is 28.9 Å². The van der Waals surface area contributed by atoms with Crippen LogP contribution in [0.1, 0.15) is 37.0 Å². The van der Waals surface area contributed by atoms with Gasteiger partial charge in [0, 0.05) is 18.5 Å². The van der Waals surface area contributed by atoms with Crippen LogP contribution in [-0.2, 0) is 0 Å². The molecule has 0 bridgehead atoms. The molecule has 0 spiro atoms. The van der Waals surface area contributed by atoms with Gasteiger partial charge in [-0.1, -0.05) is 43.6 Å². The standard InChI is InChI=1S/C16H19ClN2O/c1-3-9-19(10-4-2)16(20)13-11-15(17)18-14-8-6-5-7-12(13)14/h5-8,11H,3-4,9-10H2,1-2H3. The van der Waals surface area contributed by atoms with Gasteiger partial charge in [-0.15, -0.1) is 0 Å². The van der Waals surface area contributed by atoms with E-state index in [4.69, 9.17) is 11.6 Å². The number of hydrogen-bond acceptors (Lipinski definition) is 2. The highest BCUT2D eigenvalue weighted by Gasteiger charge is 2.18. The molecule has 0 N–H and O–H groups in total. The van der Waals surface area contributed by atoms with Crippen molar-refractivity contribution in [1.29, 1.82) is 0 Å². The molecule has 20 heavy (non-hydrogen) atoms. The molecule has 0 unspecified atom stereocenters. The first kappa shape index (κ1) is 14.8. The molecule has 2 rings (SSSR count). The van der Waals surface area contributed by atoms with E-state index in [1.54, 1.807) is 6.07 Å². The molecule has 0 fully saturated rings. The highest BCUT2D eigenvalue weighted by molar-refractivity contribution is 6.30. The zero-order valence-electron chi connectivity index (χ0n) is 11.9. The molecule has 1 aromatic carbocycles. The summed E-state index contributed by atoms with van der Waals surface area (Å²) in [6, 6.07) is 9.28. The Kier molecular flexibility index (Phi) is 4.96. The molecule has 1 amide bonds. The summed E-state index contributed by atoms with van der Waals surface area (Å²) in [6.45, 7) is 5.68. The number of nitrogens with zero attached hydrogens (tertiary/aromatic N) is 2. The number of hydrogen-bond donors (Lipinski definition) is 0. The van der Waals surface area contributed by atoms with Crippen molar-refractivity contribution >= 4 is 28.4 Å². The number of rotatable bonds is 5. The summed E-state index contributed by atoms with van der Waals surface area (Å²) >= 11 is 6.04. The molecule has 0 aliphatic rings. The summed E-state index contributed by atoms with van der Waals surface area (Å²) in [4.78, 5) is 18.9. The molecule has 0 saturated carbocycles. The molecular formula is C16H19ClN2O. The molecule has 0 radical (unpaired) electrons. The minimum Gasteiger partial charge on any atom is -0.339 e. The van der Waals surface area contributed by atoms with Crippen molar-refractivity contribution in [1.82, 2.24) is 9.88 Å². The van der Waals surface area contributed by atoms with Gasteiger partial charge >= 0.3 is 0 Å². The van der Waals surface area contributed by atoms with Crippen LogP contribution in [0.3, 0.4) is 0 Å². The Bertz CT molecular complexity index is 606. The van der Waals surface area contributed by atoms with E-state index < -0.39 is 0 Å². The summed E-state index contributed by atoms with van der Waals surface area (Å²) in [6.07, 6.45) is 1.89. The summed E-state index contributed by atoms with van der Waals surface area (Å²) in [7, 11) is 0. The fourth-order valence-corrected chi connectivity index (χ4v) is 2.55. The lowest BCUT2D eigenvalue weighted by atomic mass is 10.1. The van der Waals surface area contributed by atoms with Crippen LogP contribution in [0.25, 0.3) is 10.9 Å². The first-order valence-electron chi connectivity index (χ1n) is 7.02. The molecule has 0 saturated heterocycles. The number of amides is 1. The van der Waals surface area contributed by atoms with Crippen LogP contribution >= 0.6 is 11.6 Å². The van der Waals surface area contributed by atoms with Gasteiger partial charge in [0.05, 0.1) is 11.1 Å². The van der Waals surface area contributed by atoms with E-state index in [1.165, 1.54) is 0 Å². The maximum Gasteiger partial charge on any atom is 0.254 e. The lowest BCUT2D eigenvalue weighted by molar-refractivity contribution is 0.0757. The van der Waals surface area contributed by atoms with E-state index >= 15 is 0 Å². The van der Waals surface area contributed by atoms with Crippen LogP contribution in [0, 0.1) is 0 Å². The number of carbonyl (C=O) groups excluding carboxylic acids is 1. The van der Waals surface area contributed by atoms with Gasteiger partial charge in [0.25, 0.3) is 5.91 Å². The number of carbonyl (C=O) groups is 1. The zero-order valence-corrected chi connectivity index (χ0v) is 12.7. The van der Waals surface area contributed by atoms with Crippen molar-refractivity contribution < 1.29 is 4.79 Å². The van der Waals surface area contributed by atoms with Gasteiger partial charge < -0.3 is 4.90 Å². The molecule has 1 aromatic heterocycles. The van der Waals surface area contributed by atoms with Crippen LogP contribution in [0.4, 0.5) is 0 Å². The predicted molar refractivity (Wildman–Crippen MR) is 83.2 cm³/mol. The second-order valence-electron chi connectivity index (χ2n) is 4.80. The van der Waals surface area contributed by atoms with Crippen molar-refractivity contribution in [2.24, 2.45) is 0 Å². The minimum absolute atomic E-state index is 0.0363. The van der Waals surface area contributed by atoms with E-state index in [-0.39, 0.29) is 5.91 Å². The van der Waals surface area contributed by atoms with Gasteiger partial charge in [0.15, 0.2) is 0 Å². The fourth-order valence-electron chi connectivity index (χ4n) is 2.35. The molecule has 106 valence electrons. The normalized spacial score (nSPS) is 10.8. The molecule has 0 atom stereocenters. The molecule has 0 aliphatic heterocycles. The van der Waals surface area contributed by atoms with Crippen molar-refractivity contribution in [3.63, 3.8) is 0 Å². The monoisotopic (exact) mass is 290 g/mol. The van der Waals surface area contributed by atoms with Gasteiger partial charge in [0.1, 0.15) is 5.15 Å². The molecule has 3 nitrogen and oxygen atoms in total. The third-order valence-electron chi connectivity index (χ3n) is 3.19. The summed E-state index contributed by atoms with van der Waals surface area (Å²) in [5.41, 5.74) is 1.40. The first-order chi connectivity index (χ1) is 9.67. The highest BCUT2D eigenvalue weighted by atomic mass is 35.5. The predicted octanol–water partition coefficient (Wildman–Crippen LogP) is 4.15. The molecule has 4 heteroatoms.